The zero-order valence-corrected chi connectivity index (χ0v) is 14.0. The minimum absolute atomic E-state index is 0.00439. The fourth-order valence-electron chi connectivity index (χ4n) is 2.51. The molecule has 13 heteroatoms. The molecule has 7 N–H and O–H groups in total. The average Bonchev–Trinajstić information content (AvgIpc) is 2.90. The first-order chi connectivity index (χ1) is 11.2. The molecule has 11 nitrogen and oxygen atoms in total. The lowest BCUT2D eigenvalue weighted by molar-refractivity contribution is 0.390. The van der Waals surface area contributed by atoms with Crippen LogP contribution in [0.1, 0.15) is 19.3 Å². The van der Waals surface area contributed by atoms with Gasteiger partial charge in [0.2, 0.25) is 0 Å². The van der Waals surface area contributed by atoms with E-state index in [9.17, 15) is 13.3 Å². The van der Waals surface area contributed by atoms with Crippen LogP contribution in [0.3, 0.4) is 0 Å². The van der Waals surface area contributed by atoms with Gasteiger partial charge in [0, 0.05) is 26.1 Å². The predicted octanol–water partition coefficient (Wildman–Crippen LogP) is -1.51. The van der Waals surface area contributed by atoms with Crippen molar-refractivity contribution >= 4 is 28.9 Å². The number of nitrogens with two attached hydrogens (primary N) is 1. The molecule has 136 valence electrons. The first-order valence-electron chi connectivity index (χ1n) is 7.52. The summed E-state index contributed by atoms with van der Waals surface area (Å²) >= 11 is 0. The first kappa shape index (κ1) is 20.6. The van der Waals surface area contributed by atoms with Crippen molar-refractivity contribution in [1.82, 2.24) is 9.03 Å². The van der Waals surface area contributed by atoms with Crippen LogP contribution in [0.4, 0.5) is 0 Å². The van der Waals surface area contributed by atoms with Gasteiger partial charge in [0.25, 0.3) is 10.2 Å². The Hall–Kier alpha value is -1.41. The van der Waals surface area contributed by atoms with E-state index in [-0.39, 0.29) is 44.0 Å². The van der Waals surface area contributed by atoms with Gasteiger partial charge in [0.1, 0.15) is 11.9 Å². The summed E-state index contributed by atoms with van der Waals surface area (Å²) in [6, 6.07) is -0.673. The summed E-state index contributed by atoms with van der Waals surface area (Å²) < 4.78 is 27.8. The quantitative estimate of drug-likeness (QED) is 0.112. The monoisotopic (exact) mass is 362 g/mol. The fourth-order valence-corrected chi connectivity index (χ4v) is 3.79. The van der Waals surface area contributed by atoms with Crippen LogP contribution in [-0.2, 0) is 10.2 Å². The highest BCUT2D eigenvalue weighted by Gasteiger charge is 2.39. The summed E-state index contributed by atoms with van der Waals surface area (Å²) in [6.45, 7) is 0.0184. The minimum Gasteiger partial charge on any atom is -0.427 e. The van der Waals surface area contributed by atoms with Crippen LogP contribution < -0.4 is 10.5 Å². The molecule has 1 heterocycles. The zero-order chi connectivity index (χ0) is 18.3. The lowest BCUT2D eigenvalue weighted by Crippen LogP contribution is -2.41. The van der Waals surface area contributed by atoms with Gasteiger partial charge in [0.05, 0.1) is 5.71 Å². The summed E-state index contributed by atoms with van der Waals surface area (Å²) in [5.41, 5.74) is 4.96. The van der Waals surface area contributed by atoms with Gasteiger partial charge in [0.15, 0.2) is 0 Å². The maximum absolute atomic E-state index is 12.2. The van der Waals surface area contributed by atoms with E-state index >= 15 is 0 Å². The molecule has 0 aromatic heterocycles. The molecule has 1 saturated heterocycles. The van der Waals surface area contributed by atoms with Crippen LogP contribution in [0.2, 0.25) is 6.32 Å². The highest BCUT2D eigenvalue weighted by Crippen LogP contribution is 2.26. The van der Waals surface area contributed by atoms with E-state index in [1.807, 2.05) is 0 Å². The largest absolute Gasteiger partial charge is 0.451 e. The molecule has 0 bridgehead atoms. The highest BCUT2D eigenvalue weighted by atomic mass is 32.2. The zero-order valence-electron chi connectivity index (χ0n) is 13.2. The second-order valence-corrected chi connectivity index (χ2v) is 7.46. The standard InChI is InChI=1S/C11H23BN6O5S/c13-9(11(14)15)3-5-16-24(22,23)18-6-8(10(7-18)17-21)2-1-4-12(19)20/h8,10,13,16,19-20H,1-7H2,(H3,14,15)/t8-,10-/m0/s1. The molecule has 1 aliphatic rings. The summed E-state index contributed by atoms with van der Waals surface area (Å²) in [6.07, 6.45) is 1.07. The van der Waals surface area contributed by atoms with E-state index < -0.39 is 29.2 Å². The molecule has 24 heavy (non-hydrogen) atoms. The lowest BCUT2D eigenvalue weighted by Gasteiger charge is -2.17. The smallest absolute Gasteiger partial charge is 0.427 e. The van der Waals surface area contributed by atoms with E-state index in [0.717, 1.165) is 4.31 Å². The van der Waals surface area contributed by atoms with Gasteiger partial charge < -0.3 is 21.2 Å². The number of nitroso groups, excluding NO2 is 1. The van der Waals surface area contributed by atoms with E-state index in [4.69, 9.17) is 26.6 Å². The van der Waals surface area contributed by atoms with Crippen molar-refractivity contribution in [2.24, 2.45) is 16.8 Å². The molecule has 0 amide bonds. The predicted molar refractivity (Wildman–Crippen MR) is 90.1 cm³/mol. The van der Waals surface area contributed by atoms with Crippen molar-refractivity contribution in [3.63, 3.8) is 0 Å². The van der Waals surface area contributed by atoms with Gasteiger partial charge in [-0.25, -0.2) is 4.72 Å². The maximum Gasteiger partial charge on any atom is 0.451 e. The average molecular weight is 362 g/mol. The SMILES string of the molecule is N=C(N)C(=N)CCNS(=O)(=O)N1C[C@H](CCCB(O)O)[C@@H](N=O)C1. The number of nitrogens with one attached hydrogen (secondary N) is 3. The van der Waals surface area contributed by atoms with Crippen molar-refractivity contribution in [2.45, 2.75) is 31.6 Å². The normalized spacial score (nSPS) is 21.6. The van der Waals surface area contributed by atoms with Crippen LogP contribution in [0, 0.1) is 21.6 Å². The summed E-state index contributed by atoms with van der Waals surface area (Å²) in [5, 5.41) is 35.1. The van der Waals surface area contributed by atoms with Crippen molar-refractivity contribution in [3.8, 4) is 0 Å². The van der Waals surface area contributed by atoms with E-state index in [0.29, 0.717) is 12.8 Å². The molecule has 0 aliphatic carbocycles. The molecule has 0 spiro atoms. The molecule has 0 aromatic carbocycles. The van der Waals surface area contributed by atoms with E-state index in [1.54, 1.807) is 0 Å². The third kappa shape index (κ3) is 6.24. The Morgan fingerprint density at radius 2 is 2.04 bits per heavy atom. The number of nitrogens with zero attached hydrogens (tertiary/aromatic N) is 2. The molecular formula is C11H23BN6O5S. The first-order valence-corrected chi connectivity index (χ1v) is 8.96. The molecule has 0 aromatic rings. The van der Waals surface area contributed by atoms with Crippen molar-refractivity contribution in [1.29, 1.82) is 10.8 Å². The Balaban J connectivity index is 2.54. The number of rotatable bonds is 11. The van der Waals surface area contributed by atoms with Crippen LogP contribution in [0.25, 0.3) is 0 Å². The van der Waals surface area contributed by atoms with Crippen LogP contribution in [0.15, 0.2) is 5.18 Å². The molecule has 0 unspecified atom stereocenters. The van der Waals surface area contributed by atoms with Gasteiger partial charge in [-0.1, -0.05) is 11.6 Å². The molecule has 1 fully saturated rings. The Kier molecular flexibility index (Phi) is 7.89. The molecule has 0 radical (unpaired) electrons. The van der Waals surface area contributed by atoms with Gasteiger partial charge in [-0.3, -0.25) is 5.41 Å². The lowest BCUT2D eigenvalue weighted by atomic mass is 9.82. The summed E-state index contributed by atoms with van der Waals surface area (Å²) in [7, 11) is -5.24. The molecule has 1 rings (SSSR count). The van der Waals surface area contributed by atoms with Crippen molar-refractivity contribution < 1.29 is 18.5 Å². The third-order valence-electron chi connectivity index (χ3n) is 3.87. The van der Waals surface area contributed by atoms with E-state index in [1.165, 1.54) is 0 Å². The van der Waals surface area contributed by atoms with Crippen molar-refractivity contribution in [3.05, 3.63) is 4.91 Å². The van der Waals surface area contributed by atoms with Gasteiger partial charge in [-0.2, -0.15) is 17.6 Å². The van der Waals surface area contributed by atoms with Crippen LogP contribution in [-0.4, -0.2) is 67.1 Å². The number of amidine groups is 1. The third-order valence-corrected chi connectivity index (χ3v) is 5.42. The summed E-state index contributed by atoms with van der Waals surface area (Å²) in [4.78, 5) is 10.9. The molecule has 1 aliphatic heterocycles. The second kappa shape index (κ2) is 9.18. The summed E-state index contributed by atoms with van der Waals surface area (Å²) in [5.74, 6) is -0.680. The van der Waals surface area contributed by atoms with Crippen LogP contribution >= 0.6 is 0 Å². The number of hydrogen-bond acceptors (Lipinski definition) is 8. The fraction of sp³-hybridized carbons (Fsp3) is 0.818. The minimum atomic E-state index is -3.82. The highest BCUT2D eigenvalue weighted by molar-refractivity contribution is 7.87. The Bertz CT molecular complexity index is 571. The Morgan fingerprint density at radius 1 is 1.38 bits per heavy atom. The van der Waals surface area contributed by atoms with Gasteiger partial charge in [-0.15, -0.1) is 0 Å². The molecular weight excluding hydrogens is 339 g/mol. The van der Waals surface area contributed by atoms with E-state index in [2.05, 4.69) is 9.90 Å². The molecule has 0 saturated carbocycles. The second-order valence-electron chi connectivity index (χ2n) is 5.70. The van der Waals surface area contributed by atoms with Crippen molar-refractivity contribution in [2.75, 3.05) is 19.6 Å². The van der Waals surface area contributed by atoms with Gasteiger partial charge in [-0.05, 0) is 18.7 Å². The Morgan fingerprint density at radius 3 is 2.58 bits per heavy atom. The molecule has 2 atom stereocenters. The van der Waals surface area contributed by atoms with Gasteiger partial charge >= 0.3 is 7.12 Å². The Labute approximate surface area is 140 Å². The van der Waals surface area contributed by atoms with Crippen LogP contribution in [0.5, 0.6) is 0 Å². The number of hydrogen-bond donors (Lipinski definition) is 6. The topological polar surface area (TPSA) is 193 Å². The maximum atomic E-state index is 12.2.